The highest BCUT2D eigenvalue weighted by Gasteiger charge is 2.31. The first-order chi connectivity index (χ1) is 14.2. The third-order valence-corrected chi connectivity index (χ3v) is 4.23. The monoisotopic (exact) mass is 418 g/mol. The zero-order valence-electron chi connectivity index (χ0n) is 15.7. The lowest BCUT2D eigenvalue weighted by Crippen LogP contribution is -2.26. The number of nitrogens with two attached hydrogens (primary N) is 1. The topological polar surface area (TPSA) is 99.2 Å². The molecule has 30 heavy (non-hydrogen) atoms. The Bertz CT molecular complexity index is 1060. The van der Waals surface area contributed by atoms with Crippen LogP contribution in [0.2, 0.25) is 0 Å². The smallest absolute Gasteiger partial charge is 0.416 e. The average Bonchev–Trinajstić information content (AvgIpc) is 3.05. The molecular formula is C20H17F3N4O3. The van der Waals surface area contributed by atoms with Crippen molar-refractivity contribution in [1.82, 2.24) is 9.78 Å². The molecular weight excluding hydrogens is 401 g/mol. The molecule has 0 spiro atoms. The highest BCUT2D eigenvalue weighted by molar-refractivity contribution is 5.99. The largest absolute Gasteiger partial charge is 0.444 e. The molecule has 0 aliphatic heterocycles. The number of amides is 1. The van der Waals surface area contributed by atoms with Crippen molar-refractivity contribution < 1.29 is 27.5 Å². The Morgan fingerprint density at radius 3 is 2.43 bits per heavy atom. The summed E-state index contributed by atoms with van der Waals surface area (Å²) >= 11 is 0. The molecule has 10 heteroatoms. The molecule has 2 aromatic carbocycles. The van der Waals surface area contributed by atoms with Crippen LogP contribution < -0.4 is 11.1 Å². The van der Waals surface area contributed by atoms with E-state index >= 15 is 0 Å². The minimum absolute atomic E-state index is 0.0368. The number of halogens is 3. The Labute approximate surface area is 169 Å². The number of nitrogens with zero attached hydrogens (tertiary/aromatic N) is 2. The SMILES string of the molecule is Cn1ncc(C(=O)O[C@H](C(=O)Nc2cccc(C(F)(F)F)c2)c2ccccc2)c1N. The summed E-state index contributed by atoms with van der Waals surface area (Å²) in [7, 11) is 1.53. The fraction of sp³-hybridized carbons (Fsp3) is 0.150. The number of nitrogen functional groups attached to an aromatic ring is 1. The maximum Gasteiger partial charge on any atom is 0.416 e. The predicted molar refractivity (Wildman–Crippen MR) is 102 cm³/mol. The molecule has 3 N–H and O–H groups in total. The van der Waals surface area contributed by atoms with Crippen molar-refractivity contribution in [3.8, 4) is 0 Å². The van der Waals surface area contributed by atoms with E-state index in [1.165, 1.54) is 24.0 Å². The second kappa shape index (κ2) is 8.27. The van der Waals surface area contributed by atoms with Gasteiger partial charge in [0.05, 0.1) is 11.8 Å². The van der Waals surface area contributed by atoms with Gasteiger partial charge in [-0.25, -0.2) is 4.79 Å². The first-order valence-electron chi connectivity index (χ1n) is 8.68. The zero-order valence-corrected chi connectivity index (χ0v) is 15.7. The summed E-state index contributed by atoms with van der Waals surface area (Å²) in [6.07, 6.45) is -4.79. The molecule has 7 nitrogen and oxygen atoms in total. The standard InChI is InChI=1S/C20H17F3N4O3/c1-27-17(24)15(11-25-27)19(29)30-16(12-6-3-2-4-7-12)18(28)26-14-9-5-8-13(10-14)20(21,22)23/h2-11,16H,24H2,1H3,(H,26,28)/t16-/m0/s1. The van der Waals surface area contributed by atoms with E-state index in [1.54, 1.807) is 30.3 Å². The second-order valence-electron chi connectivity index (χ2n) is 6.33. The van der Waals surface area contributed by atoms with E-state index in [0.717, 1.165) is 18.2 Å². The molecule has 3 rings (SSSR count). The summed E-state index contributed by atoms with van der Waals surface area (Å²) in [5, 5.41) is 6.21. The lowest BCUT2D eigenvalue weighted by molar-refractivity contribution is -0.137. The highest BCUT2D eigenvalue weighted by Crippen LogP contribution is 2.31. The van der Waals surface area contributed by atoms with Crippen LogP contribution >= 0.6 is 0 Å². The molecule has 0 saturated heterocycles. The van der Waals surface area contributed by atoms with Gasteiger partial charge < -0.3 is 15.8 Å². The van der Waals surface area contributed by atoms with Crippen LogP contribution in [0.15, 0.2) is 60.8 Å². The highest BCUT2D eigenvalue weighted by atomic mass is 19.4. The van der Waals surface area contributed by atoms with Crippen molar-refractivity contribution in [2.75, 3.05) is 11.1 Å². The molecule has 0 aliphatic rings. The van der Waals surface area contributed by atoms with Crippen LogP contribution in [0, 0.1) is 0 Å². The molecule has 1 heterocycles. The summed E-state index contributed by atoms with van der Waals surface area (Å²) < 4.78 is 45.4. The normalized spacial score (nSPS) is 12.3. The maximum atomic E-state index is 12.9. The molecule has 0 fully saturated rings. The number of carbonyl (C=O) groups is 2. The number of hydrogen-bond acceptors (Lipinski definition) is 5. The number of rotatable bonds is 5. The van der Waals surface area contributed by atoms with Gasteiger partial charge in [0.2, 0.25) is 6.10 Å². The summed E-state index contributed by atoms with van der Waals surface area (Å²) in [5.41, 5.74) is 5.05. The first kappa shape index (κ1) is 20.9. The lowest BCUT2D eigenvalue weighted by atomic mass is 10.1. The quantitative estimate of drug-likeness (QED) is 0.618. The number of ether oxygens (including phenoxy) is 1. The molecule has 0 unspecified atom stereocenters. The molecule has 0 radical (unpaired) electrons. The van der Waals surface area contributed by atoms with Crippen LogP contribution in [0.3, 0.4) is 0 Å². The van der Waals surface area contributed by atoms with Crippen LogP contribution in [0.5, 0.6) is 0 Å². The molecule has 1 amide bonds. The van der Waals surface area contributed by atoms with Crippen LogP contribution in [0.1, 0.15) is 27.6 Å². The van der Waals surface area contributed by atoms with Crippen molar-refractivity contribution in [2.45, 2.75) is 12.3 Å². The number of anilines is 2. The van der Waals surface area contributed by atoms with Gasteiger partial charge in [0.25, 0.3) is 5.91 Å². The Morgan fingerprint density at radius 1 is 1.13 bits per heavy atom. The van der Waals surface area contributed by atoms with Gasteiger partial charge in [-0.05, 0) is 18.2 Å². The molecule has 156 valence electrons. The van der Waals surface area contributed by atoms with Crippen molar-refractivity contribution >= 4 is 23.4 Å². The zero-order chi connectivity index (χ0) is 21.9. The predicted octanol–water partition coefficient (Wildman–Crippen LogP) is 3.56. The van der Waals surface area contributed by atoms with Crippen molar-refractivity contribution in [3.63, 3.8) is 0 Å². The number of aromatic nitrogens is 2. The summed E-state index contributed by atoms with van der Waals surface area (Å²) in [5.74, 6) is -1.67. The number of hydrogen-bond donors (Lipinski definition) is 2. The van der Waals surface area contributed by atoms with Gasteiger partial charge in [0.1, 0.15) is 11.4 Å². The number of alkyl halides is 3. The number of benzene rings is 2. The molecule has 0 bridgehead atoms. The van der Waals surface area contributed by atoms with Crippen molar-refractivity contribution in [3.05, 3.63) is 77.5 Å². The average molecular weight is 418 g/mol. The minimum Gasteiger partial charge on any atom is -0.444 e. The number of esters is 1. The van der Waals surface area contributed by atoms with Gasteiger partial charge in [0.15, 0.2) is 0 Å². The van der Waals surface area contributed by atoms with E-state index < -0.39 is 29.7 Å². The van der Waals surface area contributed by atoms with Crippen LogP contribution in [0.4, 0.5) is 24.7 Å². The van der Waals surface area contributed by atoms with Crippen LogP contribution in [0.25, 0.3) is 0 Å². The molecule has 0 aliphatic carbocycles. The van der Waals surface area contributed by atoms with Crippen LogP contribution in [-0.4, -0.2) is 21.7 Å². The number of nitrogens with one attached hydrogen (secondary N) is 1. The number of carbonyl (C=O) groups excluding carboxylic acids is 2. The fourth-order valence-corrected chi connectivity index (χ4v) is 2.66. The Kier molecular flexibility index (Phi) is 5.77. The van der Waals surface area contributed by atoms with Gasteiger partial charge in [-0.15, -0.1) is 0 Å². The van der Waals surface area contributed by atoms with Gasteiger partial charge in [-0.3, -0.25) is 9.48 Å². The summed E-state index contributed by atoms with van der Waals surface area (Å²) in [6.45, 7) is 0. The maximum absolute atomic E-state index is 12.9. The third kappa shape index (κ3) is 4.59. The second-order valence-corrected chi connectivity index (χ2v) is 6.33. The molecule has 1 atom stereocenters. The van der Waals surface area contributed by atoms with Gasteiger partial charge in [-0.1, -0.05) is 36.4 Å². The first-order valence-corrected chi connectivity index (χ1v) is 8.68. The molecule has 1 aromatic heterocycles. The Morgan fingerprint density at radius 2 is 1.83 bits per heavy atom. The molecule has 0 saturated carbocycles. The summed E-state index contributed by atoms with van der Waals surface area (Å²) in [4.78, 5) is 25.3. The third-order valence-electron chi connectivity index (χ3n) is 4.23. The van der Waals surface area contributed by atoms with E-state index in [1.807, 2.05) is 0 Å². The Balaban J connectivity index is 1.87. The number of aryl methyl sites for hydroxylation is 1. The van der Waals surface area contributed by atoms with E-state index in [0.29, 0.717) is 5.56 Å². The lowest BCUT2D eigenvalue weighted by Gasteiger charge is -2.18. The van der Waals surface area contributed by atoms with Crippen LogP contribution in [-0.2, 0) is 22.8 Å². The van der Waals surface area contributed by atoms with E-state index in [9.17, 15) is 22.8 Å². The molecule has 3 aromatic rings. The van der Waals surface area contributed by atoms with Gasteiger partial charge in [-0.2, -0.15) is 18.3 Å². The van der Waals surface area contributed by atoms with E-state index in [-0.39, 0.29) is 17.1 Å². The summed E-state index contributed by atoms with van der Waals surface area (Å²) in [6, 6.07) is 12.2. The Hall–Kier alpha value is -3.82. The van der Waals surface area contributed by atoms with Crippen molar-refractivity contribution in [2.24, 2.45) is 7.05 Å². The van der Waals surface area contributed by atoms with Crippen molar-refractivity contribution in [1.29, 1.82) is 0 Å². The van der Waals surface area contributed by atoms with E-state index in [2.05, 4.69) is 10.4 Å². The van der Waals surface area contributed by atoms with Gasteiger partial charge in [0, 0.05) is 18.3 Å². The van der Waals surface area contributed by atoms with E-state index in [4.69, 9.17) is 10.5 Å². The van der Waals surface area contributed by atoms with Gasteiger partial charge >= 0.3 is 12.1 Å². The fourth-order valence-electron chi connectivity index (χ4n) is 2.66. The minimum atomic E-state index is -4.57.